The van der Waals surface area contributed by atoms with Crippen molar-refractivity contribution < 1.29 is 19.1 Å². The van der Waals surface area contributed by atoms with E-state index in [-0.39, 0.29) is 5.71 Å². The third-order valence-corrected chi connectivity index (χ3v) is 2.67. The Morgan fingerprint density at radius 3 is 2.10 bits per heavy atom. The van der Waals surface area contributed by atoms with E-state index in [0.717, 1.165) is 5.75 Å². The number of carbonyl (C=O) groups excluding carboxylic acids is 1. The third kappa shape index (κ3) is 3.82. The van der Waals surface area contributed by atoms with Gasteiger partial charge in [-0.3, -0.25) is 0 Å². The van der Waals surface area contributed by atoms with Gasteiger partial charge in [0, 0.05) is 5.56 Å². The number of oxime groups is 1. The first kappa shape index (κ1) is 14.6. The number of methoxy groups -OCH3 is 1. The van der Waals surface area contributed by atoms with Crippen LogP contribution in [0.1, 0.15) is 5.56 Å². The van der Waals surface area contributed by atoms with E-state index >= 15 is 0 Å². The van der Waals surface area contributed by atoms with Gasteiger partial charge in [-0.25, -0.2) is 4.79 Å². The summed E-state index contributed by atoms with van der Waals surface area (Å²) in [6.07, 6.45) is 0. The summed E-state index contributed by atoms with van der Waals surface area (Å²) in [5.41, 5.74) is 0.690. The highest BCUT2D eigenvalue weighted by molar-refractivity contribution is 6.43. The maximum absolute atomic E-state index is 11.6. The first-order valence-electron chi connectivity index (χ1n) is 6.27. The monoisotopic (exact) mass is 285 g/mol. The average Bonchev–Trinajstić information content (AvgIpc) is 2.54. The molecule has 0 bridgehead atoms. The Morgan fingerprint density at radius 2 is 1.52 bits per heavy atom. The van der Waals surface area contributed by atoms with Crippen LogP contribution in [0.25, 0.3) is 0 Å². The highest BCUT2D eigenvalue weighted by Crippen LogP contribution is 2.21. The van der Waals surface area contributed by atoms with E-state index in [4.69, 9.17) is 4.74 Å². The lowest BCUT2D eigenvalue weighted by Crippen LogP contribution is -2.17. The van der Waals surface area contributed by atoms with Crippen molar-refractivity contribution in [1.82, 2.24) is 0 Å². The second-order valence-corrected chi connectivity index (χ2v) is 4.05. The van der Waals surface area contributed by atoms with E-state index in [1.807, 2.05) is 30.3 Å². The normalized spacial score (nSPS) is 10.9. The SMILES string of the molecule is CON=C(C(=O)OC)c1ccc(Oc2ccccc2)cc1. The largest absolute Gasteiger partial charge is 0.464 e. The Bertz CT molecular complexity index is 620. The Balaban J connectivity index is 2.18. The maximum atomic E-state index is 11.6. The number of ether oxygens (including phenoxy) is 2. The van der Waals surface area contributed by atoms with E-state index < -0.39 is 5.97 Å². The summed E-state index contributed by atoms with van der Waals surface area (Å²) >= 11 is 0. The number of hydrogen-bond donors (Lipinski definition) is 0. The van der Waals surface area contributed by atoms with Crippen molar-refractivity contribution in [2.24, 2.45) is 5.16 Å². The zero-order valence-electron chi connectivity index (χ0n) is 11.8. The molecule has 0 radical (unpaired) electrons. The summed E-state index contributed by atoms with van der Waals surface area (Å²) in [5.74, 6) is 0.837. The van der Waals surface area contributed by atoms with Gasteiger partial charge >= 0.3 is 5.97 Å². The zero-order valence-corrected chi connectivity index (χ0v) is 11.8. The molecule has 0 fully saturated rings. The second-order valence-electron chi connectivity index (χ2n) is 4.05. The molecule has 0 unspecified atom stereocenters. The van der Waals surface area contributed by atoms with Crippen molar-refractivity contribution in [2.45, 2.75) is 0 Å². The summed E-state index contributed by atoms with van der Waals surface area (Å²) < 4.78 is 10.3. The fraction of sp³-hybridized carbons (Fsp3) is 0.125. The number of hydrogen-bond acceptors (Lipinski definition) is 5. The minimum atomic E-state index is -0.562. The molecule has 0 aliphatic carbocycles. The van der Waals surface area contributed by atoms with Gasteiger partial charge in [0.15, 0.2) is 5.71 Å². The number of rotatable bonds is 5. The molecular formula is C16H15NO4. The van der Waals surface area contributed by atoms with Gasteiger partial charge in [0.05, 0.1) is 7.11 Å². The molecule has 0 N–H and O–H groups in total. The number of carbonyl (C=O) groups is 1. The molecular weight excluding hydrogens is 270 g/mol. The molecule has 5 heteroatoms. The van der Waals surface area contributed by atoms with Crippen molar-refractivity contribution in [2.75, 3.05) is 14.2 Å². The zero-order chi connectivity index (χ0) is 15.1. The predicted octanol–water partition coefficient (Wildman–Crippen LogP) is 3.00. The minimum Gasteiger partial charge on any atom is -0.464 e. The molecule has 108 valence electrons. The molecule has 0 amide bonds. The van der Waals surface area contributed by atoms with E-state index in [1.165, 1.54) is 14.2 Å². The van der Waals surface area contributed by atoms with Crippen LogP contribution in [-0.4, -0.2) is 25.9 Å². The Hall–Kier alpha value is -2.82. The maximum Gasteiger partial charge on any atom is 0.360 e. The first-order chi connectivity index (χ1) is 10.2. The molecule has 0 aromatic heterocycles. The molecule has 0 saturated carbocycles. The fourth-order valence-electron chi connectivity index (χ4n) is 1.70. The quantitative estimate of drug-likeness (QED) is 0.481. The van der Waals surface area contributed by atoms with Crippen LogP contribution in [0.5, 0.6) is 11.5 Å². The molecule has 0 aliphatic heterocycles. The molecule has 2 rings (SSSR count). The van der Waals surface area contributed by atoms with E-state index in [9.17, 15) is 4.79 Å². The molecule has 2 aromatic rings. The van der Waals surface area contributed by atoms with Gasteiger partial charge < -0.3 is 14.3 Å². The topological polar surface area (TPSA) is 57.1 Å². The summed E-state index contributed by atoms with van der Waals surface area (Å²) in [4.78, 5) is 16.3. The summed E-state index contributed by atoms with van der Waals surface area (Å²) in [6.45, 7) is 0. The number of para-hydroxylation sites is 1. The van der Waals surface area contributed by atoms with Crippen molar-refractivity contribution in [1.29, 1.82) is 0 Å². The van der Waals surface area contributed by atoms with E-state index in [1.54, 1.807) is 24.3 Å². The van der Waals surface area contributed by atoms with Gasteiger partial charge in [0.2, 0.25) is 0 Å². The molecule has 0 saturated heterocycles. The summed E-state index contributed by atoms with van der Waals surface area (Å²) in [5, 5.41) is 3.68. The lowest BCUT2D eigenvalue weighted by Gasteiger charge is -2.07. The highest BCUT2D eigenvalue weighted by atomic mass is 16.6. The number of nitrogens with zero attached hydrogens (tertiary/aromatic N) is 1. The smallest absolute Gasteiger partial charge is 0.360 e. The van der Waals surface area contributed by atoms with Gasteiger partial charge in [0.25, 0.3) is 0 Å². The third-order valence-electron chi connectivity index (χ3n) is 2.67. The van der Waals surface area contributed by atoms with Gasteiger partial charge in [0.1, 0.15) is 18.6 Å². The number of benzene rings is 2. The standard InChI is InChI=1S/C16H15NO4/c1-19-16(18)15(17-20-2)12-8-10-14(11-9-12)21-13-6-4-3-5-7-13/h3-11H,1-2H3. The summed E-state index contributed by atoms with van der Waals surface area (Å²) in [6, 6.07) is 16.3. The van der Waals surface area contributed by atoms with Crippen molar-refractivity contribution in [3.05, 3.63) is 60.2 Å². The summed E-state index contributed by atoms with van der Waals surface area (Å²) in [7, 11) is 2.66. The van der Waals surface area contributed by atoms with Gasteiger partial charge in [-0.05, 0) is 36.4 Å². The average molecular weight is 285 g/mol. The fourth-order valence-corrected chi connectivity index (χ4v) is 1.70. The molecule has 2 aromatic carbocycles. The van der Waals surface area contributed by atoms with Gasteiger partial charge in [-0.2, -0.15) is 0 Å². The lowest BCUT2D eigenvalue weighted by atomic mass is 10.1. The molecule has 0 spiro atoms. The number of esters is 1. The van der Waals surface area contributed by atoms with Crippen molar-refractivity contribution >= 4 is 11.7 Å². The molecule has 0 aliphatic rings. The van der Waals surface area contributed by atoms with Crippen LogP contribution in [0.15, 0.2) is 59.8 Å². The van der Waals surface area contributed by atoms with Crippen molar-refractivity contribution in [3.8, 4) is 11.5 Å². The van der Waals surface area contributed by atoms with Crippen LogP contribution in [-0.2, 0) is 14.4 Å². The molecule has 5 nitrogen and oxygen atoms in total. The predicted molar refractivity (Wildman–Crippen MR) is 78.5 cm³/mol. The second kappa shape index (κ2) is 7.09. The Morgan fingerprint density at radius 1 is 0.905 bits per heavy atom. The lowest BCUT2D eigenvalue weighted by molar-refractivity contribution is -0.132. The van der Waals surface area contributed by atoms with Crippen LogP contribution < -0.4 is 4.74 Å². The van der Waals surface area contributed by atoms with Gasteiger partial charge in [-0.15, -0.1) is 0 Å². The minimum absolute atomic E-state index is 0.103. The van der Waals surface area contributed by atoms with Crippen LogP contribution in [0.4, 0.5) is 0 Å². The first-order valence-corrected chi connectivity index (χ1v) is 6.27. The highest BCUT2D eigenvalue weighted by Gasteiger charge is 2.15. The van der Waals surface area contributed by atoms with Crippen LogP contribution in [0.2, 0.25) is 0 Å². The van der Waals surface area contributed by atoms with Crippen LogP contribution in [0.3, 0.4) is 0 Å². The Kier molecular flexibility index (Phi) is 4.93. The van der Waals surface area contributed by atoms with Crippen molar-refractivity contribution in [3.63, 3.8) is 0 Å². The van der Waals surface area contributed by atoms with Gasteiger partial charge in [-0.1, -0.05) is 23.4 Å². The van der Waals surface area contributed by atoms with Crippen LogP contribution >= 0.6 is 0 Å². The molecule has 0 atom stereocenters. The molecule has 21 heavy (non-hydrogen) atoms. The van der Waals surface area contributed by atoms with E-state index in [2.05, 4.69) is 14.7 Å². The molecule has 0 heterocycles. The van der Waals surface area contributed by atoms with E-state index in [0.29, 0.717) is 11.3 Å². The van der Waals surface area contributed by atoms with Crippen LogP contribution in [0, 0.1) is 0 Å². The Labute approximate surface area is 122 Å².